The Morgan fingerprint density at radius 2 is 1.85 bits per heavy atom. The zero-order valence-electron chi connectivity index (χ0n) is 9.55. The predicted molar refractivity (Wildman–Crippen MR) is 58.9 cm³/mol. The molecule has 0 N–H and O–H groups in total. The van der Waals surface area contributed by atoms with Crippen molar-refractivity contribution in [3.8, 4) is 0 Å². The van der Waals surface area contributed by atoms with Crippen LogP contribution in [0.3, 0.4) is 0 Å². The van der Waals surface area contributed by atoms with Crippen LogP contribution in [0, 0.1) is 11.8 Å². The van der Waals surface area contributed by atoms with E-state index in [0.29, 0.717) is 0 Å². The van der Waals surface area contributed by atoms with Gasteiger partial charge in [0.25, 0.3) is 0 Å². The van der Waals surface area contributed by atoms with E-state index in [-0.39, 0.29) is 0 Å². The Morgan fingerprint density at radius 3 is 2.31 bits per heavy atom. The second-order valence-corrected chi connectivity index (χ2v) is 4.56. The number of rotatable bonds is 4. The molecule has 1 rings (SSSR count). The molecule has 1 heterocycles. The molecule has 1 fully saturated rings. The molecule has 0 saturated carbocycles. The molecule has 0 bridgehead atoms. The van der Waals surface area contributed by atoms with Gasteiger partial charge in [-0.1, -0.05) is 27.2 Å². The number of likely N-dealkylation sites (tertiary alicyclic amines) is 1. The number of nitrogens with zero attached hydrogens (tertiary/aromatic N) is 1. The summed E-state index contributed by atoms with van der Waals surface area (Å²) in [5.74, 6) is 1.96. The number of piperidine rings is 1. The smallest absolute Gasteiger partial charge is 0.00160 e. The second kappa shape index (κ2) is 5.64. The van der Waals surface area contributed by atoms with Crippen molar-refractivity contribution in [2.45, 2.75) is 46.5 Å². The lowest BCUT2D eigenvalue weighted by Crippen LogP contribution is -2.35. The monoisotopic (exact) mass is 183 g/mol. The van der Waals surface area contributed by atoms with E-state index >= 15 is 0 Å². The van der Waals surface area contributed by atoms with Crippen LogP contribution in [-0.2, 0) is 0 Å². The third-order valence-electron chi connectivity index (χ3n) is 3.62. The normalized spacial score (nSPS) is 23.3. The maximum Gasteiger partial charge on any atom is -0.00160 e. The van der Waals surface area contributed by atoms with Crippen LogP contribution in [0.5, 0.6) is 0 Å². The average Bonchev–Trinajstić information content (AvgIpc) is 2.18. The second-order valence-electron chi connectivity index (χ2n) is 4.56. The molecule has 0 aromatic heterocycles. The van der Waals surface area contributed by atoms with E-state index in [0.717, 1.165) is 11.8 Å². The van der Waals surface area contributed by atoms with Crippen molar-refractivity contribution < 1.29 is 0 Å². The number of hydrogen-bond acceptors (Lipinski definition) is 1. The zero-order valence-corrected chi connectivity index (χ0v) is 9.55. The molecule has 1 aliphatic heterocycles. The van der Waals surface area contributed by atoms with E-state index in [1.54, 1.807) is 0 Å². The molecular formula is C12H25N. The summed E-state index contributed by atoms with van der Waals surface area (Å²) in [6.07, 6.45) is 5.55. The van der Waals surface area contributed by atoms with Gasteiger partial charge in [0.2, 0.25) is 0 Å². The molecule has 0 aliphatic carbocycles. The summed E-state index contributed by atoms with van der Waals surface area (Å²) >= 11 is 0. The molecule has 0 amide bonds. The first-order valence-corrected chi connectivity index (χ1v) is 6.00. The maximum atomic E-state index is 2.62. The van der Waals surface area contributed by atoms with Gasteiger partial charge in [0.1, 0.15) is 0 Å². The van der Waals surface area contributed by atoms with Gasteiger partial charge in [-0.05, 0) is 50.7 Å². The van der Waals surface area contributed by atoms with E-state index in [1.807, 2.05) is 0 Å². The topological polar surface area (TPSA) is 3.24 Å². The highest BCUT2D eigenvalue weighted by Gasteiger charge is 2.21. The molecule has 1 saturated heterocycles. The highest BCUT2D eigenvalue weighted by molar-refractivity contribution is 4.75. The fraction of sp³-hybridized carbons (Fsp3) is 1.00. The van der Waals surface area contributed by atoms with E-state index in [1.165, 1.54) is 45.3 Å². The van der Waals surface area contributed by atoms with Crippen LogP contribution in [0.2, 0.25) is 0 Å². The molecule has 1 aliphatic rings. The largest absolute Gasteiger partial charge is 0.303 e. The Morgan fingerprint density at radius 1 is 1.23 bits per heavy atom. The highest BCUT2D eigenvalue weighted by Crippen LogP contribution is 2.26. The highest BCUT2D eigenvalue weighted by atomic mass is 15.1. The minimum atomic E-state index is 0.948. The molecule has 1 atom stereocenters. The van der Waals surface area contributed by atoms with Crippen molar-refractivity contribution in [2.75, 3.05) is 19.6 Å². The minimum Gasteiger partial charge on any atom is -0.303 e. The lowest BCUT2D eigenvalue weighted by atomic mass is 9.84. The molecule has 0 aromatic carbocycles. The predicted octanol–water partition coefficient (Wildman–Crippen LogP) is 3.15. The van der Waals surface area contributed by atoms with E-state index < -0.39 is 0 Å². The van der Waals surface area contributed by atoms with E-state index in [9.17, 15) is 0 Å². The Labute approximate surface area is 83.5 Å². The summed E-state index contributed by atoms with van der Waals surface area (Å²) in [5, 5.41) is 0. The van der Waals surface area contributed by atoms with Gasteiger partial charge in [-0.3, -0.25) is 0 Å². The fourth-order valence-electron chi connectivity index (χ4n) is 2.40. The van der Waals surface area contributed by atoms with Crippen molar-refractivity contribution in [3.05, 3.63) is 0 Å². The maximum absolute atomic E-state index is 2.62. The quantitative estimate of drug-likeness (QED) is 0.647. The third-order valence-corrected chi connectivity index (χ3v) is 3.62. The van der Waals surface area contributed by atoms with E-state index in [2.05, 4.69) is 25.7 Å². The molecule has 1 heteroatoms. The van der Waals surface area contributed by atoms with Gasteiger partial charge in [-0.25, -0.2) is 0 Å². The molecular weight excluding hydrogens is 158 g/mol. The van der Waals surface area contributed by atoms with Gasteiger partial charge in [-0.2, -0.15) is 0 Å². The zero-order chi connectivity index (χ0) is 9.68. The number of hydrogen-bond donors (Lipinski definition) is 0. The summed E-state index contributed by atoms with van der Waals surface area (Å²) in [6.45, 7) is 11.0. The van der Waals surface area contributed by atoms with Crippen LogP contribution in [0.25, 0.3) is 0 Å². The lowest BCUT2D eigenvalue weighted by molar-refractivity contribution is 0.151. The van der Waals surface area contributed by atoms with Crippen molar-refractivity contribution in [3.63, 3.8) is 0 Å². The van der Waals surface area contributed by atoms with Gasteiger partial charge in [0, 0.05) is 0 Å². The molecule has 0 spiro atoms. The van der Waals surface area contributed by atoms with Gasteiger partial charge in [0.05, 0.1) is 0 Å². The van der Waals surface area contributed by atoms with Crippen molar-refractivity contribution >= 4 is 0 Å². The van der Waals surface area contributed by atoms with Crippen LogP contribution < -0.4 is 0 Å². The Hall–Kier alpha value is -0.0400. The first-order chi connectivity index (χ1) is 6.27. The molecule has 13 heavy (non-hydrogen) atoms. The van der Waals surface area contributed by atoms with Gasteiger partial charge >= 0.3 is 0 Å². The molecule has 0 radical (unpaired) electrons. The van der Waals surface area contributed by atoms with Crippen LogP contribution in [0.4, 0.5) is 0 Å². The van der Waals surface area contributed by atoms with Crippen molar-refractivity contribution in [1.29, 1.82) is 0 Å². The summed E-state index contributed by atoms with van der Waals surface area (Å²) in [7, 11) is 0. The van der Waals surface area contributed by atoms with Crippen LogP contribution in [0.15, 0.2) is 0 Å². The SMILES string of the molecule is CCCN1CCC(C(C)CC)CC1. The third kappa shape index (κ3) is 3.30. The average molecular weight is 183 g/mol. The first kappa shape index (κ1) is 11.0. The van der Waals surface area contributed by atoms with Gasteiger partial charge < -0.3 is 4.90 Å². The summed E-state index contributed by atoms with van der Waals surface area (Å²) in [4.78, 5) is 2.62. The Bertz CT molecular complexity index is 125. The summed E-state index contributed by atoms with van der Waals surface area (Å²) < 4.78 is 0. The molecule has 1 nitrogen and oxygen atoms in total. The van der Waals surface area contributed by atoms with Crippen LogP contribution >= 0.6 is 0 Å². The fourth-order valence-corrected chi connectivity index (χ4v) is 2.40. The lowest BCUT2D eigenvalue weighted by Gasteiger charge is -2.34. The van der Waals surface area contributed by atoms with Gasteiger partial charge in [-0.15, -0.1) is 0 Å². The summed E-state index contributed by atoms with van der Waals surface area (Å²) in [6, 6.07) is 0. The first-order valence-electron chi connectivity index (χ1n) is 6.00. The molecule has 1 unspecified atom stereocenters. The van der Waals surface area contributed by atoms with Crippen molar-refractivity contribution in [2.24, 2.45) is 11.8 Å². The van der Waals surface area contributed by atoms with Crippen LogP contribution in [0.1, 0.15) is 46.5 Å². The molecule has 78 valence electrons. The Balaban J connectivity index is 2.22. The summed E-state index contributed by atoms with van der Waals surface area (Å²) in [5.41, 5.74) is 0. The minimum absolute atomic E-state index is 0.948. The standard InChI is InChI=1S/C12H25N/c1-4-8-13-9-6-12(7-10-13)11(3)5-2/h11-12H,4-10H2,1-3H3. The Kier molecular flexibility index (Phi) is 4.79. The van der Waals surface area contributed by atoms with Gasteiger partial charge in [0.15, 0.2) is 0 Å². The molecule has 0 aromatic rings. The van der Waals surface area contributed by atoms with E-state index in [4.69, 9.17) is 0 Å². The van der Waals surface area contributed by atoms with Crippen LogP contribution in [-0.4, -0.2) is 24.5 Å². The van der Waals surface area contributed by atoms with Crippen molar-refractivity contribution in [1.82, 2.24) is 4.90 Å².